The Balaban J connectivity index is 1.12. The van der Waals surface area contributed by atoms with Crippen LogP contribution in [0.15, 0.2) is 48.5 Å². The number of aryl methyl sites for hydroxylation is 1. The lowest BCUT2D eigenvalue weighted by Crippen LogP contribution is -1.97. The van der Waals surface area contributed by atoms with Gasteiger partial charge in [0.1, 0.15) is 0 Å². The number of rotatable bonds is 21. The molecule has 2 aromatic carbocycles. The van der Waals surface area contributed by atoms with Crippen LogP contribution < -0.4 is 0 Å². The third kappa shape index (κ3) is 10.0. The molecule has 0 aliphatic heterocycles. The standard InChI is InChI=1S/C34H53N/c1-2-3-4-5-6-7-8-9-10-11-12-13-14-15-16-17-18-19-20-25-30-35-33-28-23-21-26-31(33)32-27-22-24-29-34(32)35/h21-24,26-29H,2-20,25,30H2,1H3. The van der Waals surface area contributed by atoms with Crippen molar-refractivity contribution in [2.75, 3.05) is 0 Å². The molecule has 3 aromatic rings. The summed E-state index contributed by atoms with van der Waals surface area (Å²) in [5.41, 5.74) is 2.79. The second-order valence-electron chi connectivity index (χ2n) is 10.9. The summed E-state index contributed by atoms with van der Waals surface area (Å²) in [5, 5.41) is 2.80. The molecule has 0 radical (unpaired) electrons. The van der Waals surface area contributed by atoms with E-state index in [2.05, 4.69) is 60.0 Å². The number of nitrogens with zero attached hydrogens (tertiary/aromatic N) is 1. The second-order valence-corrected chi connectivity index (χ2v) is 10.9. The fraction of sp³-hybridized carbons (Fsp3) is 0.647. The molecule has 1 heteroatoms. The zero-order valence-corrected chi connectivity index (χ0v) is 22.9. The van der Waals surface area contributed by atoms with Gasteiger partial charge in [-0.05, 0) is 18.6 Å². The lowest BCUT2D eigenvalue weighted by molar-refractivity contribution is 0.518. The van der Waals surface area contributed by atoms with E-state index >= 15 is 0 Å². The molecule has 3 rings (SSSR count). The van der Waals surface area contributed by atoms with Crippen molar-refractivity contribution in [3.8, 4) is 0 Å². The van der Waals surface area contributed by atoms with Crippen LogP contribution in [-0.4, -0.2) is 4.57 Å². The first-order valence-electron chi connectivity index (χ1n) is 15.4. The number of unbranched alkanes of at least 4 members (excludes halogenated alkanes) is 19. The fourth-order valence-electron chi connectivity index (χ4n) is 5.77. The predicted octanol–water partition coefficient (Wildman–Crippen LogP) is 11.6. The smallest absolute Gasteiger partial charge is 0.0491 e. The molecular weight excluding hydrogens is 422 g/mol. The molecule has 194 valence electrons. The maximum Gasteiger partial charge on any atom is 0.0491 e. The van der Waals surface area contributed by atoms with E-state index in [0.717, 1.165) is 6.54 Å². The summed E-state index contributed by atoms with van der Waals surface area (Å²) in [4.78, 5) is 0. The van der Waals surface area contributed by atoms with Gasteiger partial charge in [-0.1, -0.05) is 165 Å². The van der Waals surface area contributed by atoms with Gasteiger partial charge in [-0.3, -0.25) is 0 Å². The molecule has 0 aliphatic rings. The van der Waals surface area contributed by atoms with Crippen molar-refractivity contribution in [3.63, 3.8) is 0 Å². The van der Waals surface area contributed by atoms with Crippen LogP contribution in [0, 0.1) is 0 Å². The molecule has 0 spiro atoms. The van der Waals surface area contributed by atoms with Gasteiger partial charge in [-0.15, -0.1) is 0 Å². The maximum atomic E-state index is 2.54. The van der Waals surface area contributed by atoms with Crippen LogP contribution in [0.5, 0.6) is 0 Å². The quantitative estimate of drug-likeness (QED) is 0.135. The average Bonchev–Trinajstić information content (AvgIpc) is 3.21. The van der Waals surface area contributed by atoms with E-state index in [1.807, 2.05) is 0 Å². The van der Waals surface area contributed by atoms with E-state index in [0.29, 0.717) is 0 Å². The summed E-state index contributed by atoms with van der Waals surface area (Å²) in [6, 6.07) is 17.8. The van der Waals surface area contributed by atoms with Crippen molar-refractivity contribution < 1.29 is 0 Å². The topological polar surface area (TPSA) is 4.93 Å². The van der Waals surface area contributed by atoms with Gasteiger partial charge in [-0.25, -0.2) is 0 Å². The monoisotopic (exact) mass is 475 g/mol. The van der Waals surface area contributed by atoms with Crippen LogP contribution in [0.3, 0.4) is 0 Å². The molecule has 0 N–H and O–H groups in total. The molecule has 0 amide bonds. The van der Waals surface area contributed by atoms with Crippen LogP contribution in [0.4, 0.5) is 0 Å². The molecular formula is C34H53N. The fourth-order valence-corrected chi connectivity index (χ4v) is 5.77. The van der Waals surface area contributed by atoms with E-state index in [1.54, 1.807) is 0 Å². The van der Waals surface area contributed by atoms with E-state index in [-0.39, 0.29) is 0 Å². The van der Waals surface area contributed by atoms with Crippen molar-refractivity contribution >= 4 is 21.8 Å². The summed E-state index contributed by atoms with van der Waals surface area (Å²) in [5.74, 6) is 0. The molecule has 0 aliphatic carbocycles. The van der Waals surface area contributed by atoms with Gasteiger partial charge in [0, 0.05) is 28.4 Å². The minimum Gasteiger partial charge on any atom is -0.340 e. The lowest BCUT2D eigenvalue weighted by Gasteiger charge is -2.08. The van der Waals surface area contributed by atoms with E-state index in [1.165, 1.54) is 150 Å². The van der Waals surface area contributed by atoms with Crippen LogP contribution in [0.25, 0.3) is 21.8 Å². The highest BCUT2D eigenvalue weighted by molar-refractivity contribution is 6.07. The maximum absolute atomic E-state index is 2.54. The van der Waals surface area contributed by atoms with Gasteiger partial charge in [0.05, 0.1) is 0 Å². The molecule has 1 aromatic heterocycles. The van der Waals surface area contributed by atoms with E-state index in [9.17, 15) is 0 Å². The number of hydrogen-bond acceptors (Lipinski definition) is 0. The number of para-hydroxylation sites is 2. The molecule has 35 heavy (non-hydrogen) atoms. The first-order valence-corrected chi connectivity index (χ1v) is 15.4. The lowest BCUT2D eigenvalue weighted by atomic mass is 10.0. The summed E-state index contributed by atoms with van der Waals surface area (Å²) in [6.45, 7) is 3.45. The Morgan fingerprint density at radius 3 is 1.09 bits per heavy atom. The van der Waals surface area contributed by atoms with Crippen molar-refractivity contribution in [1.29, 1.82) is 0 Å². The third-order valence-corrected chi connectivity index (χ3v) is 7.92. The minimum atomic E-state index is 1.15. The highest BCUT2D eigenvalue weighted by Crippen LogP contribution is 2.29. The summed E-state index contributed by atoms with van der Waals surface area (Å²) in [6.07, 6.45) is 28.8. The molecule has 0 saturated heterocycles. The molecule has 0 unspecified atom stereocenters. The molecule has 0 atom stereocenters. The first kappa shape index (κ1) is 27.8. The Hall–Kier alpha value is -1.76. The minimum absolute atomic E-state index is 1.15. The Kier molecular flexibility index (Phi) is 14.0. The second kappa shape index (κ2) is 17.6. The molecule has 0 fully saturated rings. The van der Waals surface area contributed by atoms with Crippen LogP contribution in [0.1, 0.15) is 135 Å². The SMILES string of the molecule is CCCCCCCCCCCCCCCCCCCCCCn1c2ccccc2c2ccccc21. The Bertz CT molecular complexity index is 867. The zero-order chi connectivity index (χ0) is 24.4. The average molecular weight is 476 g/mol. The zero-order valence-electron chi connectivity index (χ0n) is 22.9. The summed E-state index contributed by atoms with van der Waals surface area (Å²) >= 11 is 0. The van der Waals surface area contributed by atoms with E-state index < -0.39 is 0 Å². The van der Waals surface area contributed by atoms with Crippen LogP contribution in [0.2, 0.25) is 0 Å². The van der Waals surface area contributed by atoms with Gasteiger partial charge < -0.3 is 4.57 Å². The molecule has 1 heterocycles. The third-order valence-electron chi connectivity index (χ3n) is 7.92. The van der Waals surface area contributed by atoms with Crippen LogP contribution >= 0.6 is 0 Å². The van der Waals surface area contributed by atoms with Crippen molar-refractivity contribution in [2.24, 2.45) is 0 Å². The number of benzene rings is 2. The number of fused-ring (bicyclic) bond motifs is 3. The summed E-state index contributed by atoms with van der Waals surface area (Å²) in [7, 11) is 0. The summed E-state index contributed by atoms with van der Waals surface area (Å²) < 4.78 is 2.54. The van der Waals surface area contributed by atoms with Gasteiger partial charge in [0.15, 0.2) is 0 Å². The van der Waals surface area contributed by atoms with Gasteiger partial charge in [0.2, 0.25) is 0 Å². The van der Waals surface area contributed by atoms with Gasteiger partial charge in [-0.2, -0.15) is 0 Å². The number of aromatic nitrogens is 1. The number of hydrogen-bond donors (Lipinski definition) is 0. The largest absolute Gasteiger partial charge is 0.340 e. The van der Waals surface area contributed by atoms with Gasteiger partial charge >= 0.3 is 0 Å². The predicted molar refractivity (Wildman–Crippen MR) is 157 cm³/mol. The Morgan fingerprint density at radius 1 is 0.400 bits per heavy atom. The van der Waals surface area contributed by atoms with Gasteiger partial charge in [0.25, 0.3) is 0 Å². The first-order chi connectivity index (χ1) is 17.4. The van der Waals surface area contributed by atoms with Crippen LogP contribution in [-0.2, 0) is 6.54 Å². The molecule has 0 saturated carbocycles. The van der Waals surface area contributed by atoms with Crippen molar-refractivity contribution in [2.45, 2.75) is 142 Å². The molecule has 1 nitrogen and oxygen atoms in total. The Morgan fingerprint density at radius 2 is 0.714 bits per heavy atom. The Labute approximate surface area is 216 Å². The molecule has 0 bridgehead atoms. The van der Waals surface area contributed by atoms with Crippen molar-refractivity contribution in [3.05, 3.63) is 48.5 Å². The highest BCUT2D eigenvalue weighted by atomic mass is 15.0. The normalized spacial score (nSPS) is 11.7. The van der Waals surface area contributed by atoms with E-state index in [4.69, 9.17) is 0 Å². The van der Waals surface area contributed by atoms with Crippen molar-refractivity contribution in [1.82, 2.24) is 4.57 Å². The highest BCUT2D eigenvalue weighted by Gasteiger charge is 2.08.